The Morgan fingerprint density at radius 1 is 0.456 bits per heavy atom. The zero-order chi connectivity index (χ0) is 37.5. The molecule has 0 aliphatic heterocycles. The van der Waals surface area contributed by atoms with Crippen LogP contribution in [0, 0.1) is 0 Å². The Labute approximate surface area is 329 Å². The van der Waals surface area contributed by atoms with E-state index in [0.29, 0.717) is 0 Å². The van der Waals surface area contributed by atoms with Crippen LogP contribution < -0.4 is 0 Å². The number of nitrogens with zero attached hydrogens (tertiary/aromatic N) is 2. The van der Waals surface area contributed by atoms with Gasteiger partial charge in [0.2, 0.25) is 0 Å². The van der Waals surface area contributed by atoms with Gasteiger partial charge in [-0.15, -0.1) is 0 Å². The summed E-state index contributed by atoms with van der Waals surface area (Å²) in [6.07, 6.45) is 7.71. The topological polar surface area (TPSA) is 23.0 Å². The molecule has 8 aromatic carbocycles. The molecular formula is C54H36N2O. The SMILES string of the molecule is C1=CC(c2ccc(-n3c4ccccc4c4cc(-c5ccc6c(c5)c5ccccc5n6-c5ccccc5)ccc43)c3c2oc2ccccc23)CC(c2ccccc2)=C1. The monoisotopic (exact) mass is 728 g/mol. The number of fused-ring (bicyclic) bond motifs is 9. The summed E-state index contributed by atoms with van der Waals surface area (Å²) in [4.78, 5) is 0. The Hall–Kier alpha value is -7.36. The molecule has 11 aromatic rings. The molecule has 3 aromatic heterocycles. The lowest BCUT2D eigenvalue weighted by Crippen LogP contribution is -2.03. The zero-order valence-corrected chi connectivity index (χ0v) is 31.1. The van der Waals surface area contributed by atoms with Crippen molar-refractivity contribution in [2.45, 2.75) is 12.3 Å². The maximum absolute atomic E-state index is 6.84. The van der Waals surface area contributed by atoms with Crippen LogP contribution in [0.15, 0.2) is 205 Å². The van der Waals surface area contributed by atoms with Crippen LogP contribution in [0.2, 0.25) is 0 Å². The first-order valence-corrected chi connectivity index (χ1v) is 19.8. The molecule has 0 spiro atoms. The molecule has 0 amide bonds. The summed E-state index contributed by atoms with van der Waals surface area (Å²) in [7, 11) is 0. The molecule has 0 bridgehead atoms. The largest absolute Gasteiger partial charge is 0.456 e. The fourth-order valence-electron chi connectivity index (χ4n) is 9.49. The van der Waals surface area contributed by atoms with E-state index in [4.69, 9.17) is 4.42 Å². The average Bonchev–Trinajstić information content (AvgIpc) is 3.95. The van der Waals surface area contributed by atoms with E-state index in [2.05, 4.69) is 209 Å². The summed E-state index contributed by atoms with van der Waals surface area (Å²) in [5, 5.41) is 7.25. The molecule has 0 N–H and O–H groups in total. The third-order valence-corrected chi connectivity index (χ3v) is 12.1. The van der Waals surface area contributed by atoms with Crippen molar-refractivity contribution in [1.29, 1.82) is 0 Å². The smallest absolute Gasteiger partial charge is 0.141 e. The molecule has 12 rings (SSSR count). The van der Waals surface area contributed by atoms with Crippen molar-refractivity contribution in [1.82, 2.24) is 9.13 Å². The fourth-order valence-corrected chi connectivity index (χ4v) is 9.49. The standard InChI is InChI=1S/C54H36N2O/c1-3-14-35(15-4-1)36-16-13-17-39(32-36)41-28-31-51(53-44-22-9-12-25-52(44)57-54(41)53)56-48-24-11-8-21-43(48)46-34-38(27-30-50(46)56)37-26-29-49-45(33-37)42-20-7-10-23-47(42)55(49)40-18-5-2-6-19-40/h1-31,33-34,39H,32H2. The number of para-hydroxylation sites is 4. The van der Waals surface area contributed by atoms with E-state index in [1.54, 1.807) is 0 Å². The summed E-state index contributed by atoms with van der Waals surface area (Å²) < 4.78 is 11.7. The molecule has 268 valence electrons. The molecule has 0 fully saturated rings. The van der Waals surface area contributed by atoms with Gasteiger partial charge in [-0.1, -0.05) is 140 Å². The second kappa shape index (κ2) is 12.6. The van der Waals surface area contributed by atoms with Gasteiger partial charge in [-0.25, -0.2) is 0 Å². The Morgan fingerprint density at radius 2 is 1.04 bits per heavy atom. The lowest BCUT2D eigenvalue weighted by molar-refractivity contribution is 0.658. The predicted octanol–water partition coefficient (Wildman–Crippen LogP) is 14.6. The van der Waals surface area contributed by atoms with E-state index in [9.17, 15) is 0 Å². The quantitative estimate of drug-likeness (QED) is 0.173. The van der Waals surface area contributed by atoms with Gasteiger partial charge in [0.15, 0.2) is 0 Å². The highest BCUT2D eigenvalue weighted by Gasteiger charge is 2.24. The van der Waals surface area contributed by atoms with E-state index in [1.807, 2.05) is 0 Å². The molecule has 3 heteroatoms. The van der Waals surface area contributed by atoms with Gasteiger partial charge in [-0.3, -0.25) is 0 Å². The molecule has 3 nitrogen and oxygen atoms in total. The van der Waals surface area contributed by atoms with Crippen LogP contribution in [0.1, 0.15) is 23.5 Å². The molecule has 1 atom stereocenters. The van der Waals surface area contributed by atoms with Crippen molar-refractivity contribution in [3.05, 3.63) is 211 Å². The highest BCUT2D eigenvalue weighted by molar-refractivity contribution is 6.16. The van der Waals surface area contributed by atoms with Crippen molar-refractivity contribution in [2.24, 2.45) is 0 Å². The molecule has 3 heterocycles. The van der Waals surface area contributed by atoms with Crippen LogP contribution in [0.5, 0.6) is 0 Å². The van der Waals surface area contributed by atoms with Gasteiger partial charge in [0.05, 0.1) is 33.1 Å². The third kappa shape index (κ3) is 4.92. The lowest BCUT2D eigenvalue weighted by atomic mass is 9.84. The highest BCUT2D eigenvalue weighted by Crippen LogP contribution is 2.45. The van der Waals surface area contributed by atoms with Gasteiger partial charge in [0.25, 0.3) is 0 Å². The zero-order valence-electron chi connectivity index (χ0n) is 31.1. The first-order chi connectivity index (χ1) is 28.3. The minimum absolute atomic E-state index is 0.196. The average molecular weight is 729 g/mol. The Bertz CT molecular complexity index is 3430. The molecular weight excluding hydrogens is 693 g/mol. The van der Waals surface area contributed by atoms with Crippen LogP contribution in [0.25, 0.3) is 93.6 Å². The number of hydrogen-bond donors (Lipinski definition) is 0. The molecule has 0 saturated heterocycles. The Balaban J connectivity index is 1.03. The molecule has 57 heavy (non-hydrogen) atoms. The normalized spacial score (nSPS) is 14.5. The number of allylic oxidation sites excluding steroid dienone is 4. The predicted molar refractivity (Wildman–Crippen MR) is 239 cm³/mol. The van der Waals surface area contributed by atoms with Crippen molar-refractivity contribution >= 4 is 71.1 Å². The van der Waals surface area contributed by atoms with Crippen molar-refractivity contribution in [3.63, 3.8) is 0 Å². The van der Waals surface area contributed by atoms with E-state index >= 15 is 0 Å². The Kier molecular flexibility index (Phi) is 7.05. The van der Waals surface area contributed by atoms with E-state index in [-0.39, 0.29) is 5.92 Å². The first kappa shape index (κ1) is 31.9. The molecule has 1 unspecified atom stereocenters. The van der Waals surface area contributed by atoms with E-state index in [0.717, 1.165) is 34.0 Å². The number of aromatic nitrogens is 2. The van der Waals surface area contributed by atoms with Gasteiger partial charge < -0.3 is 13.6 Å². The highest BCUT2D eigenvalue weighted by atomic mass is 16.3. The second-order valence-corrected chi connectivity index (χ2v) is 15.2. The van der Waals surface area contributed by atoms with Crippen LogP contribution in [-0.2, 0) is 0 Å². The summed E-state index contributed by atoms with van der Waals surface area (Å²) in [5.41, 5.74) is 15.2. The number of furan rings is 1. The fraction of sp³-hybridized carbons (Fsp3) is 0.0370. The minimum atomic E-state index is 0.196. The van der Waals surface area contributed by atoms with Crippen molar-refractivity contribution < 1.29 is 4.42 Å². The summed E-state index contributed by atoms with van der Waals surface area (Å²) in [5.74, 6) is 0.196. The number of rotatable bonds is 5. The van der Waals surface area contributed by atoms with Gasteiger partial charge >= 0.3 is 0 Å². The second-order valence-electron chi connectivity index (χ2n) is 15.2. The Morgan fingerprint density at radius 3 is 1.75 bits per heavy atom. The van der Waals surface area contributed by atoms with Crippen molar-refractivity contribution in [2.75, 3.05) is 0 Å². The van der Waals surface area contributed by atoms with Crippen LogP contribution in [0.3, 0.4) is 0 Å². The number of benzene rings is 8. The molecule has 1 aliphatic carbocycles. The van der Waals surface area contributed by atoms with E-state index < -0.39 is 0 Å². The minimum Gasteiger partial charge on any atom is -0.456 e. The third-order valence-electron chi connectivity index (χ3n) is 12.1. The summed E-state index contributed by atoms with van der Waals surface area (Å²) >= 11 is 0. The van der Waals surface area contributed by atoms with Crippen LogP contribution >= 0.6 is 0 Å². The molecule has 0 radical (unpaired) electrons. The molecule has 1 aliphatic rings. The van der Waals surface area contributed by atoms with Gasteiger partial charge in [-0.05, 0) is 89.3 Å². The van der Waals surface area contributed by atoms with Crippen molar-refractivity contribution in [3.8, 4) is 22.5 Å². The summed E-state index contributed by atoms with van der Waals surface area (Å²) in [6, 6.07) is 66.0. The summed E-state index contributed by atoms with van der Waals surface area (Å²) in [6.45, 7) is 0. The maximum atomic E-state index is 6.84. The lowest BCUT2D eigenvalue weighted by Gasteiger charge is -2.20. The van der Waals surface area contributed by atoms with Crippen LogP contribution in [0.4, 0.5) is 0 Å². The van der Waals surface area contributed by atoms with E-state index in [1.165, 1.54) is 77.1 Å². The molecule has 0 saturated carbocycles. The van der Waals surface area contributed by atoms with Crippen LogP contribution in [-0.4, -0.2) is 9.13 Å². The van der Waals surface area contributed by atoms with Gasteiger partial charge in [-0.2, -0.15) is 0 Å². The van der Waals surface area contributed by atoms with Gasteiger partial charge in [0.1, 0.15) is 11.2 Å². The van der Waals surface area contributed by atoms with Gasteiger partial charge in [0, 0.05) is 44.1 Å². The maximum Gasteiger partial charge on any atom is 0.141 e. The first-order valence-electron chi connectivity index (χ1n) is 19.8. The number of hydrogen-bond acceptors (Lipinski definition) is 1.